The summed E-state index contributed by atoms with van der Waals surface area (Å²) in [5.74, 6) is -0.760. The highest BCUT2D eigenvalue weighted by molar-refractivity contribution is 5.82. The number of fused-ring (bicyclic) bond motifs is 1. The molecular weight excluding hydrogens is 415 g/mol. The van der Waals surface area contributed by atoms with Crippen LogP contribution in [0.2, 0.25) is 0 Å². The van der Waals surface area contributed by atoms with Gasteiger partial charge in [-0.25, -0.2) is 9.78 Å². The first-order chi connectivity index (χ1) is 14.5. The summed E-state index contributed by atoms with van der Waals surface area (Å²) in [5.41, 5.74) is 2.53. The van der Waals surface area contributed by atoms with E-state index in [1.54, 1.807) is 0 Å². The number of hydrogen-bond donors (Lipinski definition) is 3. The number of aliphatic carboxylic acids is 1. The first-order valence-electron chi connectivity index (χ1n) is 9.82. The molecule has 8 nitrogen and oxygen atoms in total. The van der Waals surface area contributed by atoms with Gasteiger partial charge in [-0.2, -0.15) is 18.3 Å². The Bertz CT molecular complexity index is 898. The SMILES string of the molecule is CCNC(=O)[C@H]1Cc2ccccc2CN1Cc1nc(C(C)C)n[nH]1.O=C(O)C(F)(F)F. The fourth-order valence-electron chi connectivity index (χ4n) is 3.13. The quantitative estimate of drug-likeness (QED) is 0.658. The zero-order valence-electron chi connectivity index (χ0n) is 17.5. The molecule has 0 radical (unpaired) electrons. The Balaban J connectivity index is 0.000000423. The molecular formula is C20H26F3N5O3. The van der Waals surface area contributed by atoms with E-state index in [-0.39, 0.29) is 17.9 Å². The second kappa shape index (κ2) is 10.4. The summed E-state index contributed by atoms with van der Waals surface area (Å²) in [4.78, 5) is 28.2. The fraction of sp³-hybridized carbons (Fsp3) is 0.500. The number of likely N-dealkylation sites (N-methyl/N-ethyl adjacent to an activating group) is 1. The molecule has 1 aromatic carbocycles. The number of carbonyl (C=O) groups excluding carboxylic acids is 1. The van der Waals surface area contributed by atoms with Crippen LogP contribution in [0.3, 0.4) is 0 Å². The van der Waals surface area contributed by atoms with E-state index in [4.69, 9.17) is 9.90 Å². The van der Waals surface area contributed by atoms with Crippen molar-refractivity contribution in [3.63, 3.8) is 0 Å². The number of carboxylic acids is 1. The van der Waals surface area contributed by atoms with Gasteiger partial charge in [-0.1, -0.05) is 38.1 Å². The van der Waals surface area contributed by atoms with Crippen molar-refractivity contribution < 1.29 is 27.9 Å². The number of carbonyl (C=O) groups is 2. The van der Waals surface area contributed by atoms with Gasteiger partial charge in [0.15, 0.2) is 5.82 Å². The van der Waals surface area contributed by atoms with Gasteiger partial charge >= 0.3 is 12.1 Å². The maximum absolute atomic E-state index is 12.5. The van der Waals surface area contributed by atoms with Gasteiger partial charge in [-0.3, -0.25) is 14.8 Å². The number of aromatic nitrogens is 3. The number of rotatable bonds is 5. The average molecular weight is 441 g/mol. The van der Waals surface area contributed by atoms with Crippen molar-refractivity contribution in [3.8, 4) is 0 Å². The number of alkyl halides is 3. The molecule has 0 unspecified atom stereocenters. The van der Waals surface area contributed by atoms with Crippen molar-refractivity contribution in [1.29, 1.82) is 0 Å². The first-order valence-corrected chi connectivity index (χ1v) is 9.82. The lowest BCUT2D eigenvalue weighted by molar-refractivity contribution is -0.192. The van der Waals surface area contributed by atoms with Crippen LogP contribution in [0.4, 0.5) is 13.2 Å². The molecule has 3 rings (SSSR count). The number of nitrogens with one attached hydrogen (secondary N) is 2. The smallest absolute Gasteiger partial charge is 0.475 e. The van der Waals surface area contributed by atoms with E-state index in [0.717, 1.165) is 24.6 Å². The number of halogens is 3. The van der Waals surface area contributed by atoms with Crippen molar-refractivity contribution in [1.82, 2.24) is 25.4 Å². The molecule has 0 aliphatic carbocycles. The third-order valence-electron chi connectivity index (χ3n) is 4.66. The lowest BCUT2D eigenvalue weighted by Gasteiger charge is -2.35. The lowest BCUT2D eigenvalue weighted by Crippen LogP contribution is -2.49. The molecule has 2 heterocycles. The number of aromatic amines is 1. The number of hydrogen-bond acceptors (Lipinski definition) is 5. The molecule has 1 atom stereocenters. The van der Waals surface area contributed by atoms with E-state index < -0.39 is 12.1 Å². The summed E-state index contributed by atoms with van der Waals surface area (Å²) in [5, 5.41) is 17.4. The molecule has 3 N–H and O–H groups in total. The van der Waals surface area contributed by atoms with Crippen molar-refractivity contribution in [2.45, 2.75) is 58.4 Å². The van der Waals surface area contributed by atoms with E-state index in [2.05, 4.69) is 57.4 Å². The minimum absolute atomic E-state index is 0.0793. The Morgan fingerprint density at radius 3 is 2.42 bits per heavy atom. The third kappa shape index (κ3) is 6.78. The van der Waals surface area contributed by atoms with Crippen LogP contribution in [-0.2, 0) is 29.1 Å². The molecule has 1 aliphatic rings. The molecule has 0 saturated heterocycles. The second-order valence-corrected chi connectivity index (χ2v) is 7.39. The van der Waals surface area contributed by atoms with Crippen molar-refractivity contribution in [2.75, 3.05) is 6.54 Å². The fourth-order valence-corrected chi connectivity index (χ4v) is 3.13. The number of amides is 1. The predicted molar refractivity (Wildman–Crippen MR) is 106 cm³/mol. The number of H-pyrrole nitrogens is 1. The Hall–Kier alpha value is -2.95. The number of carboxylic acid groups (broad SMARTS) is 1. The Labute approximate surface area is 177 Å². The highest BCUT2D eigenvalue weighted by Gasteiger charge is 2.38. The lowest BCUT2D eigenvalue weighted by atomic mass is 9.93. The summed E-state index contributed by atoms with van der Waals surface area (Å²) in [6, 6.07) is 8.16. The normalized spacial score (nSPS) is 16.3. The van der Waals surface area contributed by atoms with Crippen LogP contribution >= 0.6 is 0 Å². The molecule has 31 heavy (non-hydrogen) atoms. The van der Waals surface area contributed by atoms with Crippen LogP contribution in [0.5, 0.6) is 0 Å². The molecule has 170 valence electrons. The number of nitrogens with zero attached hydrogens (tertiary/aromatic N) is 3. The molecule has 1 amide bonds. The summed E-state index contributed by atoms with van der Waals surface area (Å²) < 4.78 is 31.7. The van der Waals surface area contributed by atoms with E-state index >= 15 is 0 Å². The molecule has 0 fully saturated rings. The second-order valence-electron chi connectivity index (χ2n) is 7.39. The van der Waals surface area contributed by atoms with Crippen LogP contribution in [-0.4, -0.2) is 55.8 Å². The third-order valence-corrected chi connectivity index (χ3v) is 4.66. The standard InChI is InChI=1S/C18H25N5O.C2HF3O2/c1-4-19-18(24)15-9-13-7-5-6-8-14(13)10-23(15)11-16-20-17(12(2)3)22-21-16;3-2(4,5)1(6)7/h5-8,12,15H,4,9-11H2,1-3H3,(H,19,24)(H,20,21,22);(H,6,7)/t15-;/m1./s1. The Morgan fingerprint density at radius 1 is 1.29 bits per heavy atom. The molecule has 0 saturated carbocycles. The van der Waals surface area contributed by atoms with Crippen LogP contribution in [0, 0.1) is 0 Å². The van der Waals surface area contributed by atoms with Gasteiger partial charge in [-0.15, -0.1) is 0 Å². The minimum Gasteiger partial charge on any atom is -0.475 e. The van der Waals surface area contributed by atoms with Crippen molar-refractivity contribution in [3.05, 3.63) is 47.0 Å². The summed E-state index contributed by atoms with van der Waals surface area (Å²) in [7, 11) is 0. The zero-order chi connectivity index (χ0) is 23.2. The molecule has 11 heteroatoms. The Kier molecular flexibility index (Phi) is 8.14. The molecule has 0 spiro atoms. The van der Waals surface area contributed by atoms with Crippen molar-refractivity contribution >= 4 is 11.9 Å². The van der Waals surface area contributed by atoms with Gasteiger partial charge in [0.25, 0.3) is 0 Å². The summed E-state index contributed by atoms with van der Waals surface area (Å²) >= 11 is 0. The van der Waals surface area contributed by atoms with Crippen LogP contribution in [0.25, 0.3) is 0 Å². The monoisotopic (exact) mass is 441 g/mol. The van der Waals surface area contributed by atoms with Crippen LogP contribution in [0.15, 0.2) is 24.3 Å². The van der Waals surface area contributed by atoms with Gasteiger partial charge < -0.3 is 10.4 Å². The largest absolute Gasteiger partial charge is 0.490 e. The predicted octanol–water partition coefficient (Wildman–Crippen LogP) is 2.62. The van der Waals surface area contributed by atoms with E-state index in [9.17, 15) is 18.0 Å². The maximum atomic E-state index is 12.5. The minimum atomic E-state index is -5.08. The van der Waals surface area contributed by atoms with Gasteiger partial charge in [0.1, 0.15) is 5.82 Å². The highest BCUT2D eigenvalue weighted by Crippen LogP contribution is 2.25. The molecule has 1 aliphatic heterocycles. The van der Waals surface area contributed by atoms with Gasteiger partial charge in [0, 0.05) is 19.0 Å². The summed E-state index contributed by atoms with van der Waals surface area (Å²) in [6.45, 7) is 8.07. The maximum Gasteiger partial charge on any atom is 0.490 e. The summed E-state index contributed by atoms with van der Waals surface area (Å²) in [6.07, 6.45) is -4.35. The van der Waals surface area contributed by atoms with Crippen LogP contribution in [0.1, 0.15) is 49.5 Å². The molecule has 0 bridgehead atoms. The van der Waals surface area contributed by atoms with Crippen LogP contribution < -0.4 is 5.32 Å². The topological polar surface area (TPSA) is 111 Å². The first kappa shape index (κ1) is 24.3. The molecule has 1 aromatic heterocycles. The number of benzene rings is 1. The highest BCUT2D eigenvalue weighted by atomic mass is 19.4. The van der Waals surface area contributed by atoms with E-state index in [1.807, 2.05) is 13.0 Å². The zero-order valence-corrected chi connectivity index (χ0v) is 17.5. The van der Waals surface area contributed by atoms with Gasteiger partial charge in [0.05, 0.1) is 12.6 Å². The molecule has 2 aromatic rings. The van der Waals surface area contributed by atoms with Crippen molar-refractivity contribution in [2.24, 2.45) is 0 Å². The average Bonchev–Trinajstić information content (AvgIpc) is 3.16. The van der Waals surface area contributed by atoms with E-state index in [1.165, 1.54) is 11.1 Å². The van der Waals surface area contributed by atoms with Gasteiger partial charge in [-0.05, 0) is 24.5 Å². The Morgan fingerprint density at radius 2 is 1.90 bits per heavy atom. The van der Waals surface area contributed by atoms with Gasteiger partial charge in [0.2, 0.25) is 5.91 Å². The van der Waals surface area contributed by atoms with E-state index in [0.29, 0.717) is 13.1 Å².